The maximum atomic E-state index is 11.9. The molecule has 2 bridgehead atoms. The molecule has 1 fully saturated rings. The minimum atomic E-state index is -0.849. The summed E-state index contributed by atoms with van der Waals surface area (Å²) in [5, 5.41) is 9.12. The zero-order chi connectivity index (χ0) is 14.5. The van der Waals surface area contributed by atoms with Gasteiger partial charge >= 0.3 is 5.97 Å². The van der Waals surface area contributed by atoms with Crippen LogP contribution in [0.3, 0.4) is 0 Å². The zero-order valence-electron chi connectivity index (χ0n) is 11.8. The van der Waals surface area contributed by atoms with E-state index < -0.39 is 11.9 Å². The minimum Gasteiger partial charge on any atom is -0.481 e. The molecule has 0 saturated carbocycles. The fourth-order valence-corrected chi connectivity index (χ4v) is 3.79. The Labute approximate surface area is 124 Å². The predicted molar refractivity (Wildman–Crippen MR) is 78.6 cm³/mol. The number of aliphatic carboxylic acids is 1. The Morgan fingerprint density at radius 3 is 2.80 bits per heavy atom. The second-order valence-electron chi connectivity index (χ2n) is 5.58. The zero-order valence-corrected chi connectivity index (χ0v) is 12.6. The molecule has 0 radical (unpaired) electrons. The Morgan fingerprint density at radius 2 is 2.25 bits per heavy atom. The molecule has 0 aromatic carbocycles. The quantitative estimate of drug-likeness (QED) is 0.698. The van der Waals surface area contributed by atoms with E-state index in [-0.39, 0.29) is 23.7 Å². The summed E-state index contributed by atoms with van der Waals surface area (Å²) in [6, 6.07) is 0. The molecule has 2 aliphatic heterocycles. The first kappa shape index (κ1) is 15.6. The van der Waals surface area contributed by atoms with Crippen molar-refractivity contribution in [1.82, 2.24) is 0 Å². The van der Waals surface area contributed by atoms with Gasteiger partial charge in [-0.05, 0) is 12.8 Å². The standard InChI is InChI=1S/C15H22O4S/c1-2-3-4-10(15(17)18)8-14(16)20-9-11-7-12-5-6-13(11)19-12/h5-6,10-13H,2-4,7-9H2,1H3,(H,17,18). The lowest BCUT2D eigenvalue weighted by Crippen LogP contribution is -2.19. The van der Waals surface area contributed by atoms with E-state index in [2.05, 4.69) is 12.2 Å². The Balaban J connectivity index is 1.71. The van der Waals surface area contributed by atoms with Crippen LogP contribution in [0.25, 0.3) is 0 Å². The molecule has 0 amide bonds. The third-order valence-electron chi connectivity index (χ3n) is 3.97. The first-order valence-electron chi connectivity index (χ1n) is 7.32. The average Bonchev–Trinajstić information content (AvgIpc) is 3.03. The van der Waals surface area contributed by atoms with Crippen molar-refractivity contribution in [3.63, 3.8) is 0 Å². The van der Waals surface area contributed by atoms with Crippen molar-refractivity contribution in [2.45, 2.75) is 51.2 Å². The van der Waals surface area contributed by atoms with E-state index in [0.29, 0.717) is 12.3 Å². The van der Waals surface area contributed by atoms with Gasteiger partial charge in [0, 0.05) is 18.1 Å². The molecule has 1 saturated heterocycles. The number of ether oxygens (including phenoxy) is 1. The van der Waals surface area contributed by atoms with E-state index in [0.717, 1.165) is 25.0 Å². The Kier molecular flexibility index (Phi) is 5.66. The number of carbonyl (C=O) groups is 2. The van der Waals surface area contributed by atoms with Crippen molar-refractivity contribution in [3.05, 3.63) is 12.2 Å². The molecule has 5 heteroatoms. The minimum absolute atomic E-state index is 0.000237. The molecule has 112 valence electrons. The number of fused-ring (bicyclic) bond motifs is 2. The number of hydrogen-bond acceptors (Lipinski definition) is 4. The third-order valence-corrected chi connectivity index (χ3v) is 5.06. The number of carboxylic acid groups (broad SMARTS) is 1. The highest BCUT2D eigenvalue weighted by atomic mass is 32.2. The van der Waals surface area contributed by atoms with Gasteiger partial charge in [-0.25, -0.2) is 0 Å². The van der Waals surface area contributed by atoms with E-state index in [4.69, 9.17) is 9.84 Å². The number of hydrogen-bond donors (Lipinski definition) is 1. The highest BCUT2D eigenvalue weighted by Gasteiger charge is 2.36. The van der Waals surface area contributed by atoms with Crippen LogP contribution in [0.2, 0.25) is 0 Å². The summed E-state index contributed by atoms with van der Waals surface area (Å²) in [6.07, 6.45) is 8.10. The average molecular weight is 298 g/mol. The van der Waals surface area contributed by atoms with E-state index in [9.17, 15) is 9.59 Å². The van der Waals surface area contributed by atoms with Crippen LogP contribution in [0.15, 0.2) is 12.2 Å². The van der Waals surface area contributed by atoms with Gasteiger partial charge in [0.15, 0.2) is 5.12 Å². The van der Waals surface area contributed by atoms with Gasteiger partial charge in [0.1, 0.15) is 0 Å². The molecule has 20 heavy (non-hydrogen) atoms. The van der Waals surface area contributed by atoms with Gasteiger partial charge in [-0.2, -0.15) is 0 Å². The van der Waals surface area contributed by atoms with Gasteiger partial charge in [-0.1, -0.05) is 43.7 Å². The highest BCUT2D eigenvalue weighted by Crippen LogP contribution is 2.36. The maximum absolute atomic E-state index is 11.9. The van der Waals surface area contributed by atoms with Crippen molar-refractivity contribution >= 4 is 22.8 Å². The SMILES string of the molecule is CCCCC(CC(=O)SCC1CC2C=CC1O2)C(=O)O. The molecule has 4 atom stereocenters. The Morgan fingerprint density at radius 1 is 1.45 bits per heavy atom. The smallest absolute Gasteiger partial charge is 0.306 e. The van der Waals surface area contributed by atoms with Crippen LogP contribution < -0.4 is 0 Å². The fourth-order valence-electron chi connectivity index (χ4n) is 2.75. The van der Waals surface area contributed by atoms with Gasteiger partial charge in [-0.15, -0.1) is 0 Å². The molecular formula is C15H22O4S. The second kappa shape index (κ2) is 7.27. The summed E-state index contributed by atoms with van der Waals surface area (Å²) in [6.45, 7) is 2.03. The summed E-state index contributed by atoms with van der Waals surface area (Å²) in [5.41, 5.74) is 0. The molecule has 2 heterocycles. The van der Waals surface area contributed by atoms with Crippen LogP contribution in [-0.4, -0.2) is 34.2 Å². The summed E-state index contributed by atoms with van der Waals surface area (Å²) in [4.78, 5) is 23.0. The van der Waals surface area contributed by atoms with Gasteiger partial charge in [0.2, 0.25) is 0 Å². The molecule has 0 aliphatic carbocycles. The fraction of sp³-hybridized carbons (Fsp3) is 0.733. The van der Waals surface area contributed by atoms with Gasteiger partial charge < -0.3 is 9.84 Å². The number of carboxylic acids is 1. The van der Waals surface area contributed by atoms with Crippen LogP contribution in [0.1, 0.15) is 39.0 Å². The highest BCUT2D eigenvalue weighted by molar-refractivity contribution is 8.13. The van der Waals surface area contributed by atoms with Crippen LogP contribution in [-0.2, 0) is 14.3 Å². The van der Waals surface area contributed by atoms with E-state index in [1.165, 1.54) is 11.8 Å². The van der Waals surface area contributed by atoms with Gasteiger partial charge in [-0.3, -0.25) is 9.59 Å². The largest absolute Gasteiger partial charge is 0.481 e. The summed E-state index contributed by atoms with van der Waals surface area (Å²) in [7, 11) is 0. The first-order valence-corrected chi connectivity index (χ1v) is 8.31. The third kappa shape index (κ3) is 4.09. The van der Waals surface area contributed by atoms with Crippen LogP contribution >= 0.6 is 11.8 Å². The van der Waals surface area contributed by atoms with Gasteiger partial charge in [0.25, 0.3) is 0 Å². The number of unbranched alkanes of at least 4 members (excludes halogenated alkanes) is 1. The molecular weight excluding hydrogens is 276 g/mol. The Hall–Kier alpha value is -0.810. The van der Waals surface area contributed by atoms with Gasteiger partial charge in [0.05, 0.1) is 18.1 Å². The monoisotopic (exact) mass is 298 g/mol. The van der Waals surface area contributed by atoms with Crippen molar-refractivity contribution in [3.8, 4) is 0 Å². The Bertz CT molecular complexity index is 393. The van der Waals surface area contributed by atoms with E-state index in [1.54, 1.807) is 0 Å². The van der Waals surface area contributed by atoms with Crippen molar-refractivity contribution in [2.24, 2.45) is 11.8 Å². The second-order valence-corrected chi connectivity index (χ2v) is 6.66. The van der Waals surface area contributed by atoms with E-state index >= 15 is 0 Å². The molecule has 4 nitrogen and oxygen atoms in total. The summed E-state index contributed by atoms with van der Waals surface area (Å²) in [5.74, 6) is -0.229. The van der Waals surface area contributed by atoms with E-state index in [1.807, 2.05) is 6.92 Å². The topological polar surface area (TPSA) is 63.6 Å². The van der Waals surface area contributed by atoms with Crippen molar-refractivity contribution < 1.29 is 19.4 Å². The maximum Gasteiger partial charge on any atom is 0.306 e. The number of carbonyl (C=O) groups excluding carboxylic acids is 1. The molecule has 0 aromatic heterocycles. The van der Waals surface area contributed by atoms with Crippen LogP contribution in [0.5, 0.6) is 0 Å². The van der Waals surface area contributed by atoms with Crippen LogP contribution in [0, 0.1) is 11.8 Å². The molecule has 2 rings (SSSR count). The number of rotatable bonds is 8. The molecule has 4 unspecified atom stereocenters. The predicted octanol–water partition coefficient (Wildman–Crippen LogP) is 2.87. The lowest BCUT2D eigenvalue weighted by molar-refractivity contribution is -0.143. The lowest BCUT2D eigenvalue weighted by Gasteiger charge is -2.15. The summed E-state index contributed by atoms with van der Waals surface area (Å²) >= 11 is 1.28. The lowest BCUT2D eigenvalue weighted by atomic mass is 9.96. The van der Waals surface area contributed by atoms with Crippen molar-refractivity contribution in [2.75, 3.05) is 5.75 Å². The normalized spacial score (nSPS) is 28.8. The number of thioether (sulfide) groups is 1. The molecule has 2 aliphatic rings. The molecule has 1 N–H and O–H groups in total. The molecule has 0 spiro atoms. The van der Waals surface area contributed by atoms with Crippen LogP contribution in [0.4, 0.5) is 0 Å². The molecule has 0 aromatic rings. The summed E-state index contributed by atoms with van der Waals surface area (Å²) < 4.78 is 5.66. The first-order chi connectivity index (χ1) is 9.60. The van der Waals surface area contributed by atoms with Crippen molar-refractivity contribution in [1.29, 1.82) is 0 Å².